The summed E-state index contributed by atoms with van der Waals surface area (Å²) in [6.07, 6.45) is 1.78. The van der Waals surface area contributed by atoms with Crippen LogP contribution in [0.5, 0.6) is 0 Å². The molecule has 1 fully saturated rings. The van der Waals surface area contributed by atoms with Crippen molar-refractivity contribution in [3.8, 4) is 0 Å². The van der Waals surface area contributed by atoms with Crippen molar-refractivity contribution in [3.63, 3.8) is 0 Å². The lowest BCUT2D eigenvalue weighted by molar-refractivity contribution is 0.0913. The lowest BCUT2D eigenvalue weighted by Crippen LogP contribution is -2.48. The van der Waals surface area contributed by atoms with E-state index in [1.165, 1.54) is 5.56 Å². The van der Waals surface area contributed by atoms with E-state index in [0.29, 0.717) is 5.92 Å². The van der Waals surface area contributed by atoms with E-state index >= 15 is 0 Å². The van der Waals surface area contributed by atoms with E-state index in [1.807, 2.05) is 42.5 Å². The van der Waals surface area contributed by atoms with Gasteiger partial charge in [-0.1, -0.05) is 55.5 Å². The van der Waals surface area contributed by atoms with Crippen LogP contribution < -0.4 is 10.6 Å². The topological polar surface area (TPSA) is 41.1 Å². The highest BCUT2D eigenvalue weighted by atomic mass is 35.5. The summed E-state index contributed by atoms with van der Waals surface area (Å²) in [5.74, 6) is 0.518. The van der Waals surface area contributed by atoms with Gasteiger partial charge in [0.25, 0.3) is 5.91 Å². The summed E-state index contributed by atoms with van der Waals surface area (Å²) in [6, 6.07) is 18.5. The van der Waals surface area contributed by atoms with Gasteiger partial charge >= 0.3 is 0 Å². The van der Waals surface area contributed by atoms with Crippen molar-refractivity contribution < 1.29 is 4.79 Å². The highest BCUT2D eigenvalue weighted by Gasteiger charge is 2.23. The average Bonchev–Trinajstić information content (AvgIpc) is 2.58. The largest absolute Gasteiger partial charge is 0.349 e. The number of rotatable bonds is 4. The van der Waals surface area contributed by atoms with Gasteiger partial charge in [0.15, 0.2) is 0 Å². The summed E-state index contributed by atoms with van der Waals surface area (Å²) in [5.41, 5.74) is 3.10. The zero-order valence-corrected chi connectivity index (χ0v) is 14.8. The van der Waals surface area contributed by atoms with Gasteiger partial charge < -0.3 is 10.6 Å². The molecule has 1 aliphatic rings. The molecular formula is C20H25ClN2O. The van der Waals surface area contributed by atoms with Crippen molar-refractivity contribution in [2.45, 2.75) is 25.8 Å². The van der Waals surface area contributed by atoms with Gasteiger partial charge in [0.1, 0.15) is 0 Å². The SMILES string of the molecule is CC1CNCCC1NC(=O)c1ccccc1Cc1ccccc1.Cl. The summed E-state index contributed by atoms with van der Waals surface area (Å²) < 4.78 is 0. The van der Waals surface area contributed by atoms with Gasteiger partial charge in [-0.2, -0.15) is 0 Å². The minimum absolute atomic E-state index is 0. The Morgan fingerprint density at radius 1 is 1.12 bits per heavy atom. The number of carbonyl (C=O) groups is 1. The van der Waals surface area contributed by atoms with Crippen molar-refractivity contribution in [2.24, 2.45) is 5.92 Å². The maximum Gasteiger partial charge on any atom is 0.251 e. The fraction of sp³-hybridized carbons (Fsp3) is 0.350. The molecule has 1 amide bonds. The number of amides is 1. The molecule has 0 radical (unpaired) electrons. The average molecular weight is 345 g/mol. The normalized spacial score (nSPS) is 20.0. The second kappa shape index (κ2) is 8.86. The smallest absolute Gasteiger partial charge is 0.251 e. The van der Waals surface area contributed by atoms with Crippen molar-refractivity contribution in [1.82, 2.24) is 10.6 Å². The van der Waals surface area contributed by atoms with Crippen molar-refractivity contribution >= 4 is 18.3 Å². The number of hydrogen-bond donors (Lipinski definition) is 2. The van der Waals surface area contributed by atoms with Gasteiger partial charge in [-0.15, -0.1) is 12.4 Å². The Labute approximate surface area is 150 Å². The molecule has 2 N–H and O–H groups in total. The minimum Gasteiger partial charge on any atom is -0.349 e. The summed E-state index contributed by atoms with van der Waals surface area (Å²) in [7, 11) is 0. The molecule has 128 valence electrons. The van der Waals surface area contributed by atoms with E-state index in [4.69, 9.17) is 0 Å². The lowest BCUT2D eigenvalue weighted by Gasteiger charge is -2.30. The highest BCUT2D eigenvalue weighted by molar-refractivity contribution is 5.96. The molecule has 1 heterocycles. The summed E-state index contributed by atoms with van der Waals surface area (Å²) in [6.45, 7) is 4.13. The van der Waals surface area contributed by atoms with Crippen LogP contribution >= 0.6 is 12.4 Å². The van der Waals surface area contributed by atoms with Gasteiger partial charge in [0, 0.05) is 11.6 Å². The fourth-order valence-corrected chi connectivity index (χ4v) is 3.19. The number of piperidine rings is 1. The molecule has 2 atom stereocenters. The Morgan fingerprint density at radius 3 is 2.58 bits per heavy atom. The van der Waals surface area contributed by atoms with Gasteiger partial charge in [-0.05, 0) is 49.0 Å². The summed E-state index contributed by atoms with van der Waals surface area (Å²) >= 11 is 0. The Hall–Kier alpha value is -1.84. The zero-order valence-electron chi connectivity index (χ0n) is 14.0. The van der Waals surface area contributed by atoms with Gasteiger partial charge in [-0.25, -0.2) is 0 Å². The Kier molecular flexibility index (Phi) is 6.83. The molecule has 0 saturated carbocycles. The third-order valence-electron chi connectivity index (χ3n) is 4.60. The molecule has 24 heavy (non-hydrogen) atoms. The number of carbonyl (C=O) groups excluding carboxylic acids is 1. The monoisotopic (exact) mass is 344 g/mol. The standard InChI is InChI=1S/C20H24N2O.ClH/c1-15-14-21-12-11-19(15)22-20(23)18-10-6-5-9-17(18)13-16-7-3-2-4-8-16;/h2-10,15,19,21H,11-14H2,1H3,(H,22,23);1H. The van der Waals surface area contributed by atoms with Gasteiger partial charge in [0.05, 0.1) is 0 Å². The van der Waals surface area contributed by atoms with Crippen LogP contribution in [-0.4, -0.2) is 25.0 Å². The van der Waals surface area contributed by atoms with E-state index < -0.39 is 0 Å². The molecule has 0 spiro atoms. The van der Waals surface area contributed by atoms with Crippen LogP contribution in [0.3, 0.4) is 0 Å². The molecule has 0 aromatic heterocycles. The predicted octanol–water partition coefficient (Wildman–Crippen LogP) is 3.43. The van der Waals surface area contributed by atoms with E-state index in [1.54, 1.807) is 0 Å². The molecule has 2 aromatic rings. The first-order valence-electron chi connectivity index (χ1n) is 8.37. The van der Waals surface area contributed by atoms with Crippen molar-refractivity contribution in [3.05, 3.63) is 71.3 Å². The van der Waals surface area contributed by atoms with Crippen LogP contribution in [0.1, 0.15) is 34.8 Å². The number of hydrogen-bond acceptors (Lipinski definition) is 2. The molecule has 3 nitrogen and oxygen atoms in total. The van der Waals surface area contributed by atoms with E-state index in [2.05, 4.69) is 29.7 Å². The predicted molar refractivity (Wildman–Crippen MR) is 101 cm³/mol. The Bertz CT molecular complexity index is 660. The first kappa shape index (κ1) is 18.5. The molecular weight excluding hydrogens is 320 g/mol. The maximum absolute atomic E-state index is 12.7. The fourth-order valence-electron chi connectivity index (χ4n) is 3.19. The third-order valence-corrected chi connectivity index (χ3v) is 4.60. The second-order valence-electron chi connectivity index (χ2n) is 6.37. The first-order valence-corrected chi connectivity index (χ1v) is 8.37. The second-order valence-corrected chi connectivity index (χ2v) is 6.37. The van der Waals surface area contributed by atoms with Crippen LogP contribution in [0.4, 0.5) is 0 Å². The van der Waals surface area contributed by atoms with Crippen LogP contribution in [0.25, 0.3) is 0 Å². The van der Waals surface area contributed by atoms with E-state index in [0.717, 1.165) is 37.1 Å². The van der Waals surface area contributed by atoms with Crippen molar-refractivity contribution in [2.75, 3.05) is 13.1 Å². The molecule has 2 aromatic carbocycles. The molecule has 4 heteroatoms. The zero-order chi connectivity index (χ0) is 16.1. The third kappa shape index (κ3) is 4.59. The molecule has 0 aliphatic carbocycles. The molecule has 2 unspecified atom stereocenters. The van der Waals surface area contributed by atoms with Gasteiger partial charge in [0.2, 0.25) is 0 Å². The number of halogens is 1. The van der Waals surface area contributed by atoms with E-state index in [-0.39, 0.29) is 24.4 Å². The Balaban J connectivity index is 0.00000208. The first-order chi connectivity index (χ1) is 11.2. The summed E-state index contributed by atoms with van der Waals surface area (Å²) in [4.78, 5) is 12.7. The number of nitrogens with one attached hydrogen (secondary N) is 2. The van der Waals surface area contributed by atoms with Gasteiger partial charge in [-0.3, -0.25) is 4.79 Å². The summed E-state index contributed by atoms with van der Waals surface area (Å²) in [5, 5.41) is 6.60. The van der Waals surface area contributed by atoms with Crippen LogP contribution in [-0.2, 0) is 6.42 Å². The van der Waals surface area contributed by atoms with Crippen molar-refractivity contribution in [1.29, 1.82) is 0 Å². The quantitative estimate of drug-likeness (QED) is 0.892. The Morgan fingerprint density at radius 2 is 1.83 bits per heavy atom. The molecule has 1 saturated heterocycles. The molecule has 3 rings (SSSR count). The maximum atomic E-state index is 12.7. The molecule has 1 aliphatic heterocycles. The van der Waals surface area contributed by atoms with E-state index in [9.17, 15) is 4.79 Å². The van der Waals surface area contributed by atoms with Crippen LogP contribution in [0.15, 0.2) is 54.6 Å². The minimum atomic E-state index is 0. The highest BCUT2D eigenvalue weighted by Crippen LogP contribution is 2.16. The van der Waals surface area contributed by atoms with Crippen LogP contribution in [0.2, 0.25) is 0 Å². The van der Waals surface area contributed by atoms with Crippen LogP contribution in [0, 0.1) is 5.92 Å². The molecule has 0 bridgehead atoms. The number of benzene rings is 2. The lowest BCUT2D eigenvalue weighted by atomic mass is 9.94.